The Labute approximate surface area is 178 Å². The first kappa shape index (κ1) is 16.9. The maximum absolute atomic E-state index is 2.44. The van der Waals surface area contributed by atoms with Gasteiger partial charge in [-0.05, 0) is 88.1 Å². The molecular formula is C30H26. The SMILES string of the molecule is Cc1ccccc1[C@@]12C3Cc4ccccc4C1C2Cc1cccc2cccc(c12)C3. The molecule has 4 aromatic carbocycles. The zero-order chi connectivity index (χ0) is 19.9. The van der Waals surface area contributed by atoms with Crippen molar-refractivity contribution in [1.82, 2.24) is 0 Å². The van der Waals surface area contributed by atoms with Gasteiger partial charge in [0.05, 0.1) is 0 Å². The fraction of sp³-hybridized carbons (Fsp3) is 0.267. The predicted octanol–water partition coefficient (Wildman–Crippen LogP) is 6.77. The third-order valence-corrected chi connectivity index (χ3v) is 8.55. The summed E-state index contributed by atoms with van der Waals surface area (Å²) in [5, 5.41) is 2.96. The Bertz CT molecular complexity index is 1310. The van der Waals surface area contributed by atoms with Gasteiger partial charge in [0.15, 0.2) is 0 Å². The number of rotatable bonds is 1. The van der Waals surface area contributed by atoms with Gasteiger partial charge in [-0.3, -0.25) is 0 Å². The topological polar surface area (TPSA) is 0 Å². The van der Waals surface area contributed by atoms with Crippen LogP contribution in [-0.4, -0.2) is 0 Å². The van der Waals surface area contributed by atoms with E-state index in [1.807, 2.05) is 0 Å². The Morgan fingerprint density at radius 1 is 0.667 bits per heavy atom. The Morgan fingerprint density at radius 3 is 2.17 bits per heavy atom. The van der Waals surface area contributed by atoms with Crippen molar-refractivity contribution in [3.05, 3.63) is 118 Å². The molecule has 0 N–H and O–H groups in total. The molecule has 0 heteroatoms. The molecule has 0 nitrogen and oxygen atoms in total. The van der Waals surface area contributed by atoms with Crippen molar-refractivity contribution in [3.8, 4) is 0 Å². The van der Waals surface area contributed by atoms with Crippen LogP contribution in [-0.2, 0) is 24.7 Å². The highest BCUT2D eigenvalue weighted by atomic mass is 14.7. The average molecular weight is 387 g/mol. The summed E-state index contributed by atoms with van der Waals surface area (Å²) in [6.45, 7) is 2.33. The quantitative estimate of drug-likeness (QED) is 0.339. The standard InChI is InChI=1S/C30H26/c1-19-8-2-5-15-26(19)30-24-16-21-9-3-4-14-25(21)29(30)27(30)18-23-13-7-11-20-10-6-12-22(17-24)28(20)23/h2-15,24,27,29H,16-18H2,1H3/t24?,27?,29?,30-/m1/s1. The number of aryl methyl sites for hydroxylation is 1. The molecule has 30 heavy (non-hydrogen) atoms. The molecule has 0 aliphatic heterocycles. The molecule has 146 valence electrons. The van der Waals surface area contributed by atoms with Gasteiger partial charge in [0.25, 0.3) is 0 Å². The highest BCUT2D eigenvalue weighted by Crippen LogP contribution is 2.74. The monoisotopic (exact) mass is 386 g/mol. The maximum Gasteiger partial charge on any atom is 0.00995 e. The first-order chi connectivity index (χ1) is 14.8. The molecule has 1 fully saturated rings. The van der Waals surface area contributed by atoms with Crippen molar-refractivity contribution < 1.29 is 0 Å². The Kier molecular flexibility index (Phi) is 3.29. The summed E-state index contributed by atoms with van der Waals surface area (Å²) in [5.74, 6) is 2.02. The van der Waals surface area contributed by atoms with E-state index in [9.17, 15) is 0 Å². The second-order valence-corrected chi connectivity index (χ2v) is 9.77. The van der Waals surface area contributed by atoms with Crippen LogP contribution in [0.15, 0.2) is 84.9 Å². The molecule has 1 saturated carbocycles. The van der Waals surface area contributed by atoms with E-state index in [1.165, 1.54) is 30.2 Å². The lowest BCUT2D eigenvalue weighted by molar-refractivity contribution is 0.350. The summed E-state index contributed by atoms with van der Waals surface area (Å²) < 4.78 is 0. The molecule has 3 aliphatic carbocycles. The number of hydrogen-bond acceptors (Lipinski definition) is 0. The number of hydrogen-bond donors (Lipinski definition) is 0. The van der Waals surface area contributed by atoms with E-state index in [0.717, 1.165) is 0 Å². The summed E-state index contributed by atoms with van der Waals surface area (Å²) in [6.07, 6.45) is 3.58. The van der Waals surface area contributed by atoms with E-state index in [2.05, 4.69) is 91.9 Å². The van der Waals surface area contributed by atoms with Gasteiger partial charge < -0.3 is 0 Å². The summed E-state index contributed by atoms with van der Waals surface area (Å²) >= 11 is 0. The van der Waals surface area contributed by atoms with Crippen LogP contribution < -0.4 is 0 Å². The van der Waals surface area contributed by atoms with Gasteiger partial charge in [0.1, 0.15) is 0 Å². The largest absolute Gasteiger partial charge is 0.0620 e. The molecule has 0 saturated heterocycles. The third kappa shape index (κ3) is 2.02. The predicted molar refractivity (Wildman–Crippen MR) is 124 cm³/mol. The molecule has 0 aromatic heterocycles. The fourth-order valence-electron chi connectivity index (χ4n) is 7.49. The normalized spacial score (nSPS) is 28.2. The molecule has 0 bridgehead atoms. The molecule has 0 spiro atoms. The highest BCUT2D eigenvalue weighted by molar-refractivity contribution is 5.89. The maximum atomic E-state index is 2.44. The first-order valence-electron chi connectivity index (χ1n) is 11.4. The zero-order valence-electron chi connectivity index (χ0n) is 17.4. The van der Waals surface area contributed by atoms with Crippen molar-refractivity contribution >= 4 is 10.8 Å². The van der Waals surface area contributed by atoms with Gasteiger partial charge in [-0.1, -0.05) is 84.9 Å². The van der Waals surface area contributed by atoms with E-state index in [1.54, 1.807) is 33.2 Å². The van der Waals surface area contributed by atoms with Crippen LogP contribution in [0.3, 0.4) is 0 Å². The lowest BCUT2D eigenvalue weighted by atomic mass is 9.67. The summed E-state index contributed by atoms with van der Waals surface area (Å²) in [5.41, 5.74) is 9.72. The van der Waals surface area contributed by atoms with Crippen LogP contribution in [0.1, 0.15) is 39.3 Å². The number of benzene rings is 4. The number of fused-ring (bicyclic) bond motifs is 3. The van der Waals surface area contributed by atoms with Gasteiger partial charge in [-0.15, -0.1) is 0 Å². The smallest absolute Gasteiger partial charge is 0.00995 e. The van der Waals surface area contributed by atoms with Gasteiger partial charge in [0, 0.05) is 5.41 Å². The molecule has 3 unspecified atom stereocenters. The molecule has 7 rings (SSSR count). The van der Waals surface area contributed by atoms with Crippen molar-refractivity contribution in [1.29, 1.82) is 0 Å². The van der Waals surface area contributed by atoms with Gasteiger partial charge >= 0.3 is 0 Å². The van der Waals surface area contributed by atoms with E-state index >= 15 is 0 Å². The third-order valence-electron chi connectivity index (χ3n) is 8.55. The van der Waals surface area contributed by atoms with Crippen LogP contribution in [0.4, 0.5) is 0 Å². The first-order valence-corrected chi connectivity index (χ1v) is 11.4. The second kappa shape index (κ2) is 5.85. The average Bonchev–Trinajstić information content (AvgIpc) is 3.43. The van der Waals surface area contributed by atoms with E-state index in [4.69, 9.17) is 0 Å². The Balaban J connectivity index is 1.52. The van der Waals surface area contributed by atoms with Gasteiger partial charge in [-0.25, -0.2) is 0 Å². The minimum absolute atomic E-state index is 0.287. The van der Waals surface area contributed by atoms with Crippen LogP contribution in [0.25, 0.3) is 10.8 Å². The van der Waals surface area contributed by atoms with Crippen LogP contribution in [0.2, 0.25) is 0 Å². The Hall–Kier alpha value is -2.86. The molecule has 0 radical (unpaired) electrons. The minimum Gasteiger partial charge on any atom is -0.0620 e. The minimum atomic E-state index is 0.287. The van der Waals surface area contributed by atoms with Gasteiger partial charge in [0.2, 0.25) is 0 Å². The molecule has 3 aliphatic rings. The lowest BCUT2D eigenvalue weighted by Gasteiger charge is -2.37. The molecule has 0 heterocycles. The molecular weight excluding hydrogens is 360 g/mol. The second-order valence-electron chi connectivity index (χ2n) is 9.77. The van der Waals surface area contributed by atoms with Gasteiger partial charge in [-0.2, -0.15) is 0 Å². The Morgan fingerprint density at radius 2 is 1.33 bits per heavy atom. The van der Waals surface area contributed by atoms with Crippen LogP contribution in [0.5, 0.6) is 0 Å². The van der Waals surface area contributed by atoms with Crippen LogP contribution in [0, 0.1) is 18.8 Å². The summed E-state index contributed by atoms with van der Waals surface area (Å²) in [6, 6.07) is 32.5. The van der Waals surface area contributed by atoms with E-state index in [0.29, 0.717) is 17.8 Å². The van der Waals surface area contributed by atoms with Crippen molar-refractivity contribution in [2.24, 2.45) is 11.8 Å². The lowest BCUT2D eigenvalue weighted by Crippen LogP contribution is -2.33. The van der Waals surface area contributed by atoms with Crippen molar-refractivity contribution in [2.75, 3.05) is 0 Å². The highest BCUT2D eigenvalue weighted by Gasteiger charge is 2.70. The molecule has 4 atom stereocenters. The summed E-state index contributed by atoms with van der Waals surface area (Å²) in [7, 11) is 0. The molecule has 0 amide bonds. The summed E-state index contributed by atoms with van der Waals surface area (Å²) in [4.78, 5) is 0. The van der Waals surface area contributed by atoms with E-state index in [-0.39, 0.29) is 5.41 Å². The van der Waals surface area contributed by atoms with Crippen molar-refractivity contribution in [2.45, 2.75) is 37.5 Å². The van der Waals surface area contributed by atoms with E-state index < -0.39 is 0 Å². The molecule has 4 aromatic rings. The fourth-order valence-corrected chi connectivity index (χ4v) is 7.49. The van der Waals surface area contributed by atoms with Crippen molar-refractivity contribution in [3.63, 3.8) is 0 Å². The van der Waals surface area contributed by atoms with Crippen LogP contribution >= 0.6 is 0 Å². The zero-order valence-corrected chi connectivity index (χ0v) is 17.4.